The molecule has 0 saturated heterocycles. The van der Waals surface area contributed by atoms with E-state index in [1.807, 2.05) is 30.3 Å². The van der Waals surface area contributed by atoms with Gasteiger partial charge in [-0.15, -0.1) is 0 Å². The minimum absolute atomic E-state index is 0.168. The van der Waals surface area contributed by atoms with Crippen molar-refractivity contribution in [2.75, 3.05) is 11.9 Å². The minimum atomic E-state index is -0.168. The van der Waals surface area contributed by atoms with Crippen LogP contribution in [0.25, 0.3) is 22.0 Å². The van der Waals surface area contributed by atoms with E-state index in [1.165, 1.54) is 0 Å². The van der Waals surface area contributed by atoms with Crippen molar-refractivity contribution >= 4 is 22.5 Å². The molecule has 26 heavy (non-hydrogen) atoms. The van der Waals surface area contributed by atoms with Crippen molar-refractivity contribution in [3.05, 3.63) is 72.7 Å². The maximum atomic E-state index is 12.4. The smallest absolute Gasteiger partial charge is 0.276 e. The largest absolute Gasteiger partial charge is 0.508 e. The van der Waals surface area contributed by atoms with Crippen molar-refractivity contribution in [1.82, 2.24) is 15.2 Å². The third kappa shape index (κ3) is 2.88. The van der Waals surface area contributed by atoms with E-state index in [1.54, 1.807) is 48.6 Å². The molecule has 0 fully saturated rings. The van der Waals surface area contributed by atoms with Crippen molar-refractivity contribution in [2.45, 2.75) is 0 Å². The second-order valence-corrected chi connectivity index (χ2v) is 5.99. The van der Waals surface area contributed by atoms with Crippen LogP contribution in [0.15, 0.2) is 67.0 Å². The van der Waals surface area contributed by atoms with Gasteiger partial charge in [-0.05, 0) is 42.0 Å². The molecule has 2 N–H and O–H groups in total. The first-order chi connectivity index (χ1) is 12.6. The summed E-state index contributed by atoms with van der Waals surface area (Å²) in [6.45, 7) is 0. The summed E-state index contributed by atoms with van der Waals surface area (Å²) < 4.78 is 0. The highest BCUT2D eigenvalue weighted by Gasteiger charge is 2.15. The number of aromatic amines is 1. The van der Waals surface area contributed by atoms with Gasteiger partial charge >= 0.3 is 0 Å². The van der Waals surface area contributed by atoms with Crippen LogP contribution in [0.3, 0.4) is 0 Å². The summed E-state index contributed by atoms with van der Waals surface area (Å²) in [7, 11) is 1.71. The number of carbonyl (C=O) groups excluding carboxylic acids is 1. The number of hydrogen-bond acceptors (Lipinski definition) is 4. The van der Waals surface area contributed by atoms with Crippen LogP contribution < -0.4 is 4.90 Å². The van der Waals surface area contributed by atoms with Crippen molar-refractivity contribution < 1.29 is 9.90 Å². The van der Waals surface area contributed by atoms with E-state index >= 15 is 0 Å². The molecule has 0 atom stereocenters. The van der Waals surface area contributed by atoms with Gasteiger partial charge in [-0.3, -0.25) is 14.9 Å². The third-order valence-corrected chi connectivity index (χ3v) is 4.27. The zero-order chi connectivity index (χ0) is 18.1. The quantitative estimate of drug-likeness (QED) is 0.595. The SMILES string of the molecule is CN(C(=O)c1ccn[nH]1)c1ccc2cc(-c3cccc(O)c3)cnc2c1. The molecular formula is C20H16N4O2. The average Bonchev–Trinajstić information content (AvgIpc) is 3.21. The molecule has 0 saturated carbocycles. The third-order valence-electron chi connectivity index (χ3n) is 4.27. The molecule has 2 aromatic heterocycles. The Morgan fingerprint density at radius 1 is 1.08 bits per heavy atom. The molecule has 1 amide bonds. The lowest BCUT2D eigenvalue weighted by Gasteiger charge is -2.17. The van der Waals surface area contributed by atoms with E-state index < -0.39 is 0 Å². The van der Waals surface area contributed by atoms with Crippen LogP contribution >= 0.6 is 0 Å². The van der Waals surface area contributed by atoms with Gasteiger partial charge in [0, 0.05) is 36.1 Å². The fourth-order valence-corrected chi connectivity index (χ4v) is 2.83. The predicted octanol–water partition coefficient (Wildman–Crippen LogP) is 3.61. The molecule has 6 nitrogen and oxygen atoms in total. The number of amides is 1. The first kappa shape index (κ1) is 15.8. The number of hydrogen-bond donors (Lipinski definition) is 2. The molecule has 0 aliphatic rings. The first-order valence-electron chi connectivity index (χ1n) is 8.08. The molecule has 0 unspecified atom stereocenters. The molecule has 0 radical (unpaired) electrons. The number of phenolic OH excluding ortho intramolecular Hbond substituents is 1. The number of pyridine rings is 1. The Kier molecular flexibility index (Phi) is 3.85. The number of aromatic nitrogens is 3. The zero-order valence-electron chi connectivity index (χ0n) is 14.0. The topological polar surface area (TPSA) is 82.1 Å². The fraction of sp³-hybridized carbons (Fsp3) is 0.0500. The predicted molar refractivity (Wildman–Crippen MR) is 100 cm³/mol. The summed E-state index contributed by atoms with van der Waals surface area (Å²) in [6.07, 6.45) is 3.31. The van der Waals surface area contributed by atoms with Crippen molar-refractivity contribution in [3.63, 3.8) is 0 Å². The second-order valence-electron chi connectivity index (χ2n) is 5.99. The maximum Gasteiger partial charge on any atom is 0.276 e. The number of nitrogens with zero attached hydrogens (tertiary/aromatic N) is 3. The molecule has 6 heteroatoms. The highest BCUT2D eigenvalue weighted by atomic mass is 16.3. The highest BCUT2D eigenvalue weighted by molar-refractivity contribution is 6.05. The van der Waals surface area contributed by atoms with Gasteiger partial charge in [0.15, 0.2) is 0 Å². The number of fused-ring (bicyclic) bond motifs is 1. The van der Waals surface area contributed by atoms with Crippen LogP contribution in [0.4, 0.5) is 5.69 Å². The number of nitrogens with one attached hydrogen (secondary N) is 1. The molecular weight excluding hydrogens is 328 g/mol. The van der Waals surface area contributed by atoms with Gasteiger partial charge in [0.2, 0.25) is 0 Å². The Bertz CT molecular complexity index is 1090. The van der Waals surface area contributed by atoms with Crippen LogP contribution in [0.2, 0.25) is 0 Å². The van der Waals surface area contributed by atoms with Crippen molar-refractivity contribution in [2.24, 2.45) is 0 Å². The summed E-state index contributed by atoms with van der Waals surface area (Å²) in [5.74, 6) is 0.0510. The lowest BCUT2D eigenvalue weighted by atomic mass is 10.0. The number of phenols is 1. The molecule has 4 aromatic rings. The number of aromatic hydroxyl groups is 1. The molecule has 0 aliphatic carbocycles. The second kappa shape index (κ2) is 6.33. The highest BCUT2D eigenvalue weighted by Crippen LogP contribution is 2.27. The fourth-order valence-electron chi connectivity index (χ4n) is 2.83. The number of H-pyrrole nitrogens is 1. The lowest BCUT2D eigenvalue weighted by Crippen LogP contribution is -2.26. The zero-order valence-corrected chi connectivity index (χ0v) is 14.0. The van der Waals surface area contributed by atoms with E-state index in [4.69, 9.17) is 0 Å². The normalized spacial score (nSPS) is 10.8. The van der Waals surface area contributed by atoms with Crippen molar-refractivity contribution in [3.8, 4) is 16.9 Å². The Hall–Kier alpha value is -3.67. The van der Waals surface area contributed by atoms with Gasteiger partial charge < -0.3 is 10.0 Å². The first-order valence-corrected chi connectivity index (χ1v) is 8.08. The standard InChI is InChI=1S/C20H16N4O2/c1-24(20(26)18-7-8-22-23-18)16-6-5-14-9-15(12-21-19(14)11-16)13-3-2-4-17(25)10-13/h2-12,25H,1H3,(H,22,23). The van der Waals surface area contributed by atoms with Crippen LogP contribution in [0.1, 0.15) is 10.5 Å². The number of carbonyl (C=O) groups is 1. The Morgan fingerprint density at radius 2 is 1.96 bits per heavy atom. The Morgan fingerprint density at radius 3 is 2.73 bits per heavy atom. The number of benzene rings is 2. The monoisotopic (exact) mass is 344 g/mol. The lowest BCUT2D eigenvalue weighted by molar-refractivity contribution is 0.0988. The maximum absolute atomic E-state index is 12.4. The number of rotatable bonds is 3. The van der Waals surface area contributed by atoms with Gasteiger partial charge in [-0.2, -0.15) is 5.10 Å². The van der Waals surface area contributed by atoms with Gasteiger partial charge in [0.1, 0.15) is 11.4 Å². The summed E-state index contributed by atoms with van der Waals surface area (Å²) in [4.78, 5) is 18.5. The average molecular weight is 344 g/mol. The van der Waals surface area contributed by atoms with Crippen LogP contribution in [-0.4, -0.2) is 33.2 Å². The minimum Gasteiger partial charge on any atom is -0.508 e. The molecule has 0 aliphatic heterocycles. The summed E-state index contributed by atoms with van der Waals surface area (Å²) >= 11 is 0. The van der Waals surface area contributed by atoms with Gasteiger partial charge in [0.25, 0.3) is 5.91 Å². The summed E-state index contributed by atoms with van der Waals surface area (Å²) in [6, 6.07) is 16.4. The molecule has 0 bridgehead atoms. The molecule has 2 heterocycles. The molecule has 128 valence electrons. The van der Waals surface area contributed by atoms with Gasteiger partial charge in [-0.1, -0.05) is 18.2 Å². The summed E-state index contributed by atoms with van der Waals surface area (Å²) in [5, 5.41) is 17.1. The van der Waals surface area contributed by atoms with Gasteiger partial charge in [0.05, 0.1) is 5.52 Å². The Balaban J connectivity index is 1.68. The summed E-state index contributed by atoms with van der Waals surface area (Å²) in [5.41, 5.74) is 3.78. The van der Waals surface area contributed by atoms with E-state index in [9.17, 15) is 9.90 Å². The number of anilines is 1. The van der Waals surface area contributed by atoms with Crippen molar-refractivity contribution in [1.29, 1.82) is 0 Å². The Labute approximate surface area is 149 Å². The van der Waals surface area contributed by atoms with E-state index in [-0.39, 0.29) is 11.7 Å². The van der Waals surface area contributed by atoms with Crippen LogP contribution in [-0.2, 0) is 0 Å². The van der Waals surface area contributed by atoms with Gasteiger partial charge in [-0.25, -0.2) is 0 Å². The molecule has 0 spiro atoms. The van der Waals surface area contributed by atoms with Crippen LogP contribution in [0.5, 0.6) is 5.75 Å². The molecule has 2 aromatic carbocycles. The van der Waals surface area contributed by atoms with E-state index in [0.717, 1.165) is 27.7 Å². The van der Waals surface area contributed by atoms with Crippen LogP contribution in [0, 0.1) is 0 Å². The molecule has 4 rings (SSSR count). The van der Waals surface area contributed by atoms with E-state index in [2.05, 4.69) is 15.2 Å². The van der Waals surface area contributed by atoms with E-state index in [0.29, 0.717) is 5.69 Å².